The third-order valence-corrected chi connectivity index (χ3v) is 4.77. The van der Waals surface area contributed by atoms with Crippen LogP contribution in [0.25, 0.3) is 0 Å². The maximum atomic E-state index is 12.5. The largest absolute Gasteiger partial charge is 0.481 e. The fourth-order valence-corrected chi connectivity index (χ4v) is 3.67. The van der Waals surface area contributed by atoms with Crippen LogP contribution in [0.2, 0.25) is 0 Å². The molecule has 3 saturated heterocycles. The van der Waals surface area contributed by atoms with E-state index in [0.717, 1.165) is 19.3 Å². The van der Waals surface area contributed by atoms with E-state index in [0.29, 0.717) is 26.1 Å². The molecule has 3 aliphatic rings. The van der Waals surface area contributed by atoms with E-state index < -0.39 is 11.5 Å². The Hall–Kier alpha value is -1.14. The number of aliphatic carboxylic acids is 1. The smallest absolute Gasteiger partial charge is 0.305 e. The number of carboxylic acids is 1. The lowest BCUT2D eigenvalue weighted by molar-refractivity contribution is -0.141. The van der Waals surface area contributed by atoms with Gasteiger partial charge < -0.3 is 19.9 Å². The van der Waals surface area contributed by atoms with Crippen LogP contribution in [0.4, 0.5) is 0 Å². The zero-order chi connectivity index (χ0) is 14.2. The summed E-state index contributed by atoms with van der Waals surface area (Å²) >= 11 is 0. The molecule has 3 heterocycles. The third kappa shape index (κ3) is 2.67. The lowest BCUT2D eigenvalue weighted by atomic mass is 9.83. The SMILES string of the molecule is O=C(O)CC1(NC(=O)C2CC3CCC2O3)CCOCC1. The zero-order valence-electron chi connectivity index (χ0n) is 11.5. The van der Waals surface area contributed by atoms with E-state index in [1.165, 1.54) is 0 Å². The van der Waals surface area contributed by atoms with Gasteiger partial charge >= 0.3 is 5.97 Å². The number of nitrogens with one attached hydrogen (secondary N) is 1. The molecule has 3 rings (SSSR count). The molecule has 0 aromatic heterocycles. The molecule has 0 aliphatic carbocycles. The van der Waals surface area contributed by atoms with Gasteiger partial charge in [-0.1, -0.05) is 0 Å². The number of hydrogen-bond donors (Lipinski definition) is 2. The van der Waals surface area contributed by atoms with Gasteiger partial charge in [-0.25, -0.2) is 0 Å². The van der Waals surface area contributed by atoms with E-state index in [1.807, 2.05) is 0 Å². The van der Waals surface area contributed by atoms with Crippen molar-refractivity contribution in [3.05, 3.63) is 0 Å². The predicted molar refractivity (Wildman–Crippen MR) is 69.2 cm³/mol. The minimum absolute atomic E-state index is 0.0294. The minimum Gasteiger partial charge on any atom is -0.481 e. The summed E-state index contributed by atoms with van der Waals surface area (Å²) in [6, 6.07) is 0. The van der Waals surface area contributed by atoms with E-state index in [2.05, 4.69) is 5.32 Å². The first-order valence-electron chi connectivity index (χ1n) is 7.35. The van der Waals surface area contributed by atoms with Gasteiger partial charge in [-0.15, -0.1) is 0 Å². The first-order chi connectivity index (χ1) is 9.58. The molecule has 1 amide bonds. The van der Waals surface area contributed by atoms with Crippen LogP contribution >= 0.6 is 0 Å². The van der Waals surface area contributed by atoms with Gasteiger partial charge in [0.15, 0.2) is 0 Å². The van der Waals surface area contributed by atoms with Crippen LogP contribution in [0.3, 0.4) is 0 Å². The number of fused-ring (bicyclic) bond motifs is 2. The van der Waals surface area contributed by atoms with Gasteiger partial charge in [-0.05, 0) is 32.1 Å². The van der Waals surface area contributed by atoms with Crippen LogP contribution in [0.1, 0.15) is 38.5 Å². The lowest BCUT2D eigenvalue weighted by Gasteiger charge is -2.38. The summed E-state index contributed by atoms with van der Waals surface area (Å²) in [6.07, 6.45) is 4.10. The van der Waals surface area contributed by atoms with Gasteiger partial charge in [0.2, 0.25) is 5.91 Å². The normalized spacial score (nSPS) is 34.9. The number of carboxylic acid groups (broad SMARTS) is 1. The predicted octanol–water partition coefficient (Wildman–Crippen LogP) is 0.694. The van der Waals surface area contributed by atoms with Crippen molar-refractivity contribution in [3.8, 4) is 0 Å². The number of hydrogen-bond acceptors (Lipinski definition) is 4. The van der Waals surface area contributed by atoms with Crippen molar-refractivity contribution in [2.24, 2.45) is 5.92 Å². The van der Waals surface area contributed by atoms with Crippen LogP contribution in [0, 0.1) is 5.92 Å². The average Bonchev–Trinajstić information content (AvgIpc) is 3.00. The van der Waals surface area contributed by atoms with Crippen molar-refractivity contribution in [1.82, 2.24) is 5.32 Å². The second kappa shape index (κ2) is 5.33. The van der Waals surface area contributed by atoms with E-state index in [-0.39, 0.29) is 30.5 Å². The van der Waals surface area contributed by atoms with Crippen LogP contribution in [-0.2, 0) is 19.1 Å². The molecule has 20 heavy (non-hydrogen) atoms. The molecular formula is C14H21NO5. The maximum absolute atomic E-state index is 12.5. The Bertz CT molecular complexity index is 404. The van der Waals surface area contributed by atoms with E-state index >= 15 is 0 Å². The quantitative estimate of drug-likeness (QED) is 0.793. The van der Waals surface area contributed by atoms with Crippen LogP contribution < -0.4 is 5.32 Å². The van der Waals surface area contributed by atoms with Crippen molar-refractivity contribution in [3.63, 3.8) is 0 Å². The second-order valence-corrected chi connectivity index (χ2v) is 6.17. The molecule has 3 atom stereocenters. The lowest BCUT2D eigenvalue weighted by Crippen LogP contribution is -2.55. The van der Waals surface area contributed by atoms with Gasteiger partial charge in [-0.2, -0.15) is 0 Å². The monoisotopic (exact) mass is 283 g/mol. The molecule has 2 bridgehead atoms. The van der Waals surface area contributed by atoms with Crippen molar-refractivity contribution >= 4 is 11.9 Å². The fourth-order valence-electron chi connectivity index (χ4n) is 3.67. The van der Waals surface area contributed by atoms with E-state index in [1.54, 1.807) is 0 Å². The highest BCUT2D eigenvalue weighted by Gasteiger charge is 2.46. The van der Waals surface area contributed by atoms with Crippen LogP contribution in [-0.4, -0.2) is 47.9 Å². The molecule has 6 nitrogen and oxygen atoms in total. The molecule has 2 N–H and O–H groups in total. The highest BCUT2D eigenvalue weighted by Crippen LogP contribution is 2.39. The summed E-state index contributed by atoms with van der Waals surface area (Å²) in [5.74, 6) is -1.03. The Balaban J connectivity index is 1.66. The van der Waals surface area contributed by atoms with Crippen molar-refractivity contribution in [2.45, 2.75) is 56.3 Å². The highest BCUT2D eigenvalue weighted by atomic mass is 16.5. The maximum Gasteiger partial charge on any atom is 0.305 e. The average molecular weight is 283 g/mol. The standard InChI is InChI=1S/C14H21NO5/c16-12(17)8-14(3-5-19-6-4-14)15-13(18)10-7-9-1-2-11(10)20-9/h9-11H,1-8H2,(H,15,18)(H,16,17). The van der Waals surface area contributed by atoms with Crippen molar-refractivity contribution in [1.29, 1.82) is 0 Å². The molecule has 112 valence electrons. The molecule has 0 radical (unpaired) electrons. The molecule has 0 spiro atoms. The molecule has 0 aromatic rings. The van der Waals surface area contributed by atoms with Gasteiger partial charge in [0.1, 0.15) is 0 Å². The van der Waals surface area contributed by atoms with Gasteiger partial charge in [0, 0.05) is 13.2 Å². The Morgan fingerprint density at radius 3 is 2.55 bits per heavy atom. The number of ether oxygens (including phenoxy) is 2. The first kappa shape index (κ1) is 13.8. The summed E-state index contributed by atoms with van der Waals surface area (Å²) in [4.78, 5) is 23.6. The molecule has 3 aliphatic heterocycles. The Morgan fingerprint density at radius 1 is 1.25 bits per heavy atom. The van der Waals surface area contributed by atoms with Crippen LogP contribution in [0.15, 0.2) is 0 Å². The summed E-state index contributed by atoms with van der Waals surface area (Å²) in [5, 5.41) is 12.1. The molecule has 6 heteroatoms. The van der Waals surface area contributed by atoms with Crippen molar-refractivity contribution < 1.29 is 24.2 Å². The first-order valence-corrected chi connectivity index (χ1v) is 7.35. The summed E-state index contributed by atoms with van der Waals surface area (Å²) in [7, 11) is 0. The third-order valence-electron chi connectivity index (χ3n) is 4.77. The number of rotatable bonds is 4. The Kier molecular flexibility index (Phi) is 3.69. The van der Waals surface area contributed by atoms with Gasteiger partial charge in [0.25, 0.3) is 0 Å². The summed E-state index contributed by atoms with van der Waals surface area (Å²) in [5.41, 5.74) is -0.650. The Labute approximate surface area is 117 Å². The zero-order valence-corrected chi connectivity index (χ0v) is 11.5. The summed E-state index contributed by atoms with van der Waals surface area (Å²) in [6.45, 7) is 1.00. The minimum atomic E-state index is -0.878. The van der Waals surface area contributed by atoms with Crippen LogP contribution in [0.5, 0.6) is 0 Å². The molecular weight excluding hydrogens is 262 g/mol. The second-order valence-electron chi connectivity index (χ2n) is 6.17. The fraction of sp³-hybridized carbons (Fsp3) is 0.857. The summed E-state index contributed by atoms with van der Waals surface area (Å²) < 4.78 is 11.0. The number of amides is 1. The number of carbonyl (C=O) groups excluding carboxylic acids is 1. The van der Waals surface area contributed by atoms with Gasteiger partial charge in [0.05, 0.1) is 30.1 Å². The Morgan fingerprint density at radius 2 is 2.00 bits per heavy atom. The van der Waals surface area contributed by atoms with E-state index in [4.69, 9.17) is 14.6 Å². The molecule has 0 saturated carbocycles. The molecule has 0 aromatic carbocycles. The molecule has 3 unspecified atom stereocenters. The van der Waals surface area contributed by atoms with Crippen molar-refractivity contribution in [2.75, 3.05) is 13.2 Å². The number of carbonyl (C=O) groups is 2. The highest BCUT2D eigenvalue weighted by molar-refractivity contribution is 5.81. The van der Waals surface area contributed by atoms with Gasteiger partial charge in [-0.3, -0.25) is 9.59 Å². The van der Waals surface area contributed by atoms with E-state index in [9.17, 15) is 9.59 Å². The molecule has 3 fully saturated rings. The topological polar surface area (TPSA) is 84.9 Å².